The molecule has 0 bridgehead atoms. The van der Waals surface area contributed by atoms with Crippen LogP contribution in [-0.4, -0.2) is 21.7 Å². The van der Waals surface area contributed by atoms with Crippen molar-refractivity contribution in [2.45, 2.75) is 33.1 Å². The number of hydrogen-bond donors (Lipinski definition) is 1. The molecular weight excluding hydrogens is 302 g/mol. The van der Waals surface area contributed by atoms with Crippen LogP contribution in [0.4, 0.5) is 0 Å². The van der Waals surface area contributed by atoms with Gasteiger partial charge in [-0.15, -0.1) is 0 Å². The molecule has 2 aromatic heterocycles. The summed E-state index contributed by atoms with van der Waals surface area (Å²) < 4.78 is 11.3. The Kier molecular flexibility index (Phi) is 3.63. The van der Waals surface area contributed by atoms with Crippen LogP contribution in [0.3, 0.4) is 0 Å². The lowest BCUT2D eigenvalue weighted by Gasteiger charge is -2.31. The first kappa shape index (κ1) is 15.0. The molecule has 2 atom stereocenters. The van der Waals surface area contributed by atoms with Gasteiger partial charge in [0.2, 0.25) is 0 Å². The van der Waals surface area contributed by atoms with Crippen molar-refractivity contribution in [2.24, 2.45) is 5.92 Å². The van der Waals surface area contributed by atoms with Crippen LogP contribution in [0.25, 0.3) is 11.1 Å². The Bertz CT molecular complexity index is 832. The molecule has 5 nitrogen and oxygen atoms in total. The van der Waals surface area contributed by atoms with Gasteiger partial charge in [-0.25, -0.2) is 4.98 Å². The molecule has 1 aromatic carbocycles. The first-order chi connectivity index (χ1) is 11.6. The van der Waals surface area contributed by atoms with E-state index in [0.29, 0.717) is 11.8 Å². The molecule has 0 radical (unpaired) electrons. The van der Waals surface area contributed by atoms with Crippen LogP contribution in [-0.2, 0) is 6.42 Å². The van der Waals surface area contributed by atoms with Gasteiger partial charge >= 0.3 is 0 Å². The summed E-state index contributed by atoms with van der Waals surface area (Å²) in [5.41, 5.74) is 5.54. The number of H-pyrrole nitrogens is 1. The second-order valence-electron chi connectivity index (χ2n) is 6.63. The van der Waals surface area contributed by atoms with Gasteiger partial charge in [0.15, 0.2) is 0 Å². The summed E-state index contributed by atoms with van der Waals surface area (Å²) in [6.07, 6.45) is 4.57. The van der Waals surface area contributed by atoms with E-state index in [2.05, 4.69) is 40.2 Å². The van der Waals surface area contributed by atoms with Gasteiger partial charge in [0.05, 0.1) is 18.6 Å². The fourth-order valence-corrected chi connectivity index (χ4v) is 3.61. The summed E-state index contributed by atoms with van der Waals surface area (Å²) >= 11 is 0. The summed E-state index contributed by atoms with van der Waals surface area (Å²) in [4.78, 5) is 7.36. The molecule has 1 aliphatic rings. The van der Waals surface area contributed by atoms with E-state index in [1.807, 2.05) is 20.0 Å². The highest BCUT2D eigenvalue weighted by molar-refractivity contribution is 5.69. The SMILES string of the molecule is Cc1noc(C)c1-c1ccc2c(c1)[C@@H](Cc1cnc[nH]1)[C@@H](C)CO2. The van der Waals surface area contributed by atoms with Gasteiger partial charge in [-0.1, -0.05) is 18.1 Å². The molecular formula is C19H21N3O2. The average molecular weight is 323 g/mol. The van der Waals surface area contributed by atoms with E-state index in [4.69, 9.17) is 9.26 Å². The van der Waals surface area contributed by atoms with Crippen LogP contribution in [0.15, 0.2) is 35.2 Å². The first-order valence-electron chi connectivity index (χ1n) is 8.30. The van der Waals surface area contributed by atoms with Crippen molar-refractivity contribution in [3.63, 3.8) is 0 Å². The van der Waals surface area contributed by atoms with Gasteiger partial charge in [0, 0.05) is 17.5 Å². The lowest BCUT2D eigenvalue weighted by Crippen LogP contribution is -2.25. The minimum Gasteiger partial charge on any atom is -0.493 e. The standard InChI is InChI=1S/C19H21N3O2/c1-11-9-23-18-5-4-14(19-12(2)22-24-13(19)3)6-17(18)16(11)7-15-8-20-10-21-15/h4-6,8,10-11,16H,7,9H2,1-3H3,(H,20,21)/t11-,16-/m0/s1. The van der Waals surface area contributed by atoms with Crippen LogP contribution < -0.4 is 4.74 Å². The second kappa shape index (κ2) is 5.82. The van der Waals surface area contributed by atoms with Gasteiger partial charge in [0.1, 0.15) is 11.5 Å². The summed E-state index contributed by atoms with van der Waals surface area (Å²) in [6.45, 7) is 6.92. The van der Waals surface area contributed by atoms with Gasteiger partial charge in [0.25, 0.3) is 0 Å². The molecule has 3 heterocycles. The number of imidazole rings is 1. The maximum Gasteiger partial charge on any atom is 0.141 e. The van der Waals surface area contributed by atoms with Crippen LogP contribution in [0.2, 0.25) is 0 Å². The fourth-order valence-electron chi connectivity index (χ4n) is 3.61. The zero-order valence-electron chi connectivity index (χ0n) is 14.2. The zero-order chi connectivity index (χ0) is 16.7. The number of aromatic amines is 1. The van der Waals surface area contributed by atoms with Crippen LogP contribution in [0.5, 0.6) is 5.75 Å². The Morgan fingerprint density at radius 2 is 2.17 bits per heavy atom. The summed E-state index contributed by atoms with van der Waals surface area (Å²) in [6, 6.07) is 6.40. The van der Waals surface area contributed by atoms with E-state index in [-0.39, 0.29) is 0 Å². The van der Waals surface area contributed by atoms with E-state index in [1.165, 1.54) is 5.56 Å². The van der Waals surface area contributed by atoms with Crippen molar-refractivity contribution in [3.05, 3.63) is 53.4 Å². The van der Waals surface area contributed by atoms with E-state index < -0.39 is 0 Å². The van der Waals surface area contributed by atoms with E-state index >= 15 is 0 Å². The number of aryl methyl sites for hydroxylation is 2. The lowest BCUT2D eigenvalue weighted by molar-refractivity contribution is 0.204. The van der Waals surface area contributed by atoms with Gasteiger partial charge in [-0.05, 0) is 55.4 Å². The highest BCUT2D eigenvalue weighted by Gasteiger charge is 2.29. The Labute approximate surface area is 141 Å². The van der Waals surface area contributed by atoms with E-state index in [9.17, 15) is 0 Å². The largest absolute Gasteiger partial charge is 0.493 e. The minimum atomic E-state index is 0.398. The van der Waals surface area contributed by atoms with Crippen LogP contribution in [0, 0.1) is 19.8 Å². The van der Waals surface area contributed by atoms with Crippen molar-refractivity contribution in [2.75, 3.05) is 6.61 Å². The maximum atomic E-state index is 5.95. The van der Waals surface area contributed by atoms with E-state index in [0.717, 1.165) is 47.1 Å². The Morgan fingerprint density at radius 1 is 1.29 bits per heavy atom. The maximum absolute atomic E-state index is 5.95. The molecule has 124 valence electrons. The normalized spacial score (nSPS) is 19.8. The highest BCUT2D eigenvalue weighted by Crippen LogP contribution is 2.41. The molecule has 4 rings (SSSR count). The van der Waals surface area contributed by atoms with Crippen molar-refractivity contribution in [3.8, 4) is 16.9 Å². The second-order valence-corrected chi connectivity index (χ2v) is 6.63. The predicted octanol–water partition coefficient (Wildman–Crippen LogP) is 4.04. The number of benzene rings is 1. The molecule has 0 spiro atoms. The van der Waals surface area contributed by atoms with Gasteiger partial charge in [-0.2, -0.15) is 0 Å². The van der Waals surface area contributed by atoms with Crippen molar-refractivity contribution in [1.82, 2.24) is 15.1 Å². The number of aromatic nitrogens is 3. The number of fused-ring (bicyclic) bond motifs is 1. The monoisotopic (exact) mass is 323 g/mol. The minimum absolute atomic E-state index is 0.398. The highest BCUT2D eigenvalue weighted by atomic mass is 16.5. The third-order valence-electron chi connectivity index (χ3n) is 4.91. The summed E-state index contributed by atoms with van der Waals surface area (Å²) in [5, 5.41) is 4.08. The molecule has 24 heavy (non-hydrogen) atoms. The third-order valence-corrected chi connectivity index (χ3v) is 4.91. The number of hydrogen-bond acceptors (Lipinski definition) is 4. The molecule has 3 aromatic rings. The quantitative estimate of drug-likeness (QED) is 0.790. The third kappa shape index (κ3) is 2.50. The molecule has 1 N–H and O–H groups in total. The molecule has 0 fully saturated rings. The number of nitrogens with one attached hydrogen (secondary N) is 1. The van der Waals surface area contributed by atoms with Gasteiger partial charge < -0.3 is 14.2 Å². The number of rotatable bonds is 3. The Morgan fingerprint density at radius 3 is 2.88 bits per heavy atom. The average Bonchev–Trinajstić information content (AvgIpc) is 3.20. The van der Waals surface area contributed by atoms with Crippen LogP contribution >= 0.6 is 0 Å². The molecule has 0 saturated carbocycles. The predicted molar refractivity (Wildman–Crippen MR) is 91.1 cm³/mol. The Balaban J connectivity index is 1.77. The summed E-state index contributed by atoms with van der Waals surface area (Å²) in [5.74, 6) is 2.67. The van der Waals surface area contributed by atoms with Crippen molar-refractivity contribution in [1.29, 1.82) is 0 Å². The van der Waals surface area contributed by atoms with Crippen molar-refractivity contribution >= 4 is 0 Å². The lowest BCUT2D eigenvalue weighted by atomic mass is 9.81. The molecule has 0 unspecified atom stereocenters. The van der Waals surface area contributed by atoms with Crippen LogP contribution in [0.1, 0.15) is 35.6 Å². The molecule has 5 heteroatoms. The molecule has 0 saturated heterocycles. The topological polar surface area (TPSA) is 63.9 Å². The Hall–Kier alpha value is -2.56. The van der Waals surface area contributed by atoms with E-state index in [1.54, 1.807) is 6.33 Å². The molecule has 0 amide bonds. The van der Waals surface area contributed by atoms with Gasteiger partial charge in [-0.3, -0.25) is 0 Å². The van der Waals surface area contributed by atoms with Crippen molar-refractivity contribution < 1.29 is 9.26 Å². The molecule has 1 aliphatic heterocycles. The molecule has 0 aliphatic carbocycles. The number of ether oxygens (including phenoxy) is 1. The summed E-state index contributed by atoms with van der Waals surface area (Å²) in [7, 11) is 0. The first-order valence-corrected chi connectivity index (χ1v) is 8.30. The fraction of sp³-hybridized carbons (Fsp3) is 0.368. The zero-order valence-corrected chi connectivity index (χ0v) is 14.2. The number of nitrogens with zero attached hydrogens (tertiary/aromatic N) is 2. The smallest absolute Gasteiger partial charge is 0.141 e.